The van der Waals surface area contributed by atoms with Crippen molar-refractivity contribution in [2.24, 2.45) is 0 Å². The summed E-state index contributed by atoms with van der Waals surface area (Å²) in [5.41, 5.74) is 1.32. The number of nitrogens with one attached hydrogen (secondary N) is 1. The second-order valence-corrected chi connectivity index (χ2v) is 7.39. The lowest BCUT2D eigenvalue weighted by Gasteiger charge is -2.15. The maximum Gasteiger partial charge on any atom is 0.0765 e. The molecule has 0 radical (unpaired) electrons. The Bertz CT molecular complexity index is 442. The molecule has 17 heavy (non-hydrogen) atoms. The van der Waals surface area contributed by atoms with Crippen LogP contribution in [0.1, 0.15) is 34.7 Å². The van der Waals surface area contributed by atoms with Gasteiger partial charge in [0.15, 0.2) is 0 Å². The molecule has 4 heteroatoms. The summed E-state index contributed by atoms with van der Waals surface area (Å²) in [5.74, 6) is 0. The highest BCUT2D eigenvalue weighted by atomic mass is 79.9. The summed E-state index contributed by atoms with van der Waals surface area (Å²) < 4.78 is 1.24. The summed E-state index contributed by atoms with van der Waals surface area (Å²) in [5, 5.41) is 5.77. The molecule has 0 bridgehead atoms. The molecule has 1 unspecified atom stereocenters. The smallest absolute Gasteiger partial charge is 0.0765 e. The summed E-state index contributed by atoms with van der Waals surface area (Å²) in [6.45, 7) is 5.40. The summed E-state index contributed by atoms with van der Waals surface area (Å²) in [6.07, 6.45) is 1.16. The zero-order valence-corrected chi connectivity index (χ0v) is 13.2. The molecule has 0 aliphatic carbocycles. The van der Waals surface area contributed by atoms with Gasteiger partial charge in [-0.05, 0) is 58.9 Å². The highest BCUT2D eigenvalue weighted by Gasteiger charge is 2.17. The van der Waals surface area contributed by atoms with Crippen molar-refractivity contribution in [1.82, 2.24) is 5.32 Å². The quantitative estimate of drug-likeness (QED) is 0.816. The predicted molar refractivity (Wildman–Crippen MR) is 81.2 cm³/mol. The molecule has 0 aliphatic heterocycles. The van der Waals surface area contributed by atoms with E-state index in [1.54, 1.807) is 0 Å². The molecule has 1 nitrogen and oxygen atoms in total. The SMILES string of the molecule is CCCNC(c1cccs1)c1cc(C)c(Br)s1. The van der Waals surface area contributed by atoms with E-state index in [0.29, 0.717) is 6.04 Å². The fourth-order valence-corrected chi connectivity index (χ4v) is 4.27. The molecule has 0 aromatic carbocycles. The van der Waals surface area contributed by atoms with E-state index in [-0.39, 0.29) is 0 Å². The minimum absolute atomic E-state index is 0.352. The van der Waals surface area contributed by atoms with E-state index in [9.17, 15) is 0 Å². The van der Waals surface area contributed by atoms with Gasteiger partial charge in [0.05, 0.1) is 9.83 Å². The van der Waals surface area contributed by atoms with Crippen LogP contribution < -0.4 is 5.32 Å². The van der Waals surface area contributed by atoms with Crippen molar-refractivity contribution >= 4 is 38.6 Å². The first-order valence-electron chi connectivity index (χ1n) is 5.75. The van der Waals surface area contributed by atoms with Crippen LogP contribution in [0.15, 0.2) is 27.4 Å². The Morgan fingerprint density at radius 2 is 2.24 bits per heavy atom. The third-order valence-corrected chi connectivity index (χ3v) is 5.73. The molecule has 1 N–H and O–H groups in total. The molecule has 0 saturated heterocycles. The van der Waals surface area contributed by atoms with Crippen LogP contribution in [0.4, 0.5) is 0 Å². The standard InChI is InChI=1S/C13H16BrNS2/c1-3-6-15-12(10-5-4-7-16-10)11-8-9(2)13(14)17-11/h4-5,7-8,12,15H,3,6H2,1-2H3. The Hall–Kier alpha value is -0.160. The van der Waals surface area contributed by atoms with Gasteiger partial charge in [-0.25, -0.2) is 0 Å². The maximum absolute atomic E-state index is 3.63. The van der Waals surface area contributed by atoms with E-state index in [0.717, 1.165) is 13.0 Å². The van der Waals surface area contributed by atoms with Crippen LogP contribution >= 0.6 is 38.6 Å². The van der Waals surface area contributed by atoms with Crippen molar-refractivity contribution in [3.63, 3.8) is 0 Å². The van der Waals surface area contributed by atoms with Crippen LogP contribution in [0, 0.1) is 6.92 Å². The van der Waals surface area contributed by atoms with Crippen molar-refractivity contribution < 1.29 is 0 Å². The third-order valence-electron chi connectivity index (χ3n) is 2.59. The highest BCUT2D eigenvalue weighted by Crippen LogP contribution is 2.35. The number of hydrogen-bond acceptors (Lipinski definition) is 3. The van der Waals surface area contributed by atoms with E-state index in [2.05, 4.69) is 58.7 Å². The van der Waals surface area contributed by atoms with Gasteiger partial charge in [-0.3, -0.25) is 0 Å². The van der Waals surface area contributed by atoms with Gasteiger partial charge >= 0.3 is 0 Å². The van der Waals surface area contributed by atoms with Crippen LogP contribution in [-0.2, 0) is 0 Å². The lowest BCUT2D eigenvalue weighted by atomic mass is 10.2. The second kappa shape index (κ2) is 6.14. The van der Waals surface area contributed by atoms with Gasteiger partial charge in [0.2, 0.25) is 0 Å². The maximum atomic E-state index is 3.63. The zero-order valence-electron chi connectivity index (χ0n) is 10.00. The van der Waals surface area contributed by atoms with E-state index >= 15 is 0 Å². The number of rotatable bonds is 5. The number of hydrogen-bond donors (Lipinski definition) is 1. The minimum atomic E-state index is 0.352. The average molecular weight is 330 g/mol. The molecule has 0 aliphatic rings. The van der Waals surface area contributed by atoms with Crippen molar-refractivity contribution in [2.75, 3.05) is 6.54 Å². The van der Waals surface area contributed by atoms with E-state index in [1.807, 2.05) is 22.7 Å². The molecule has 0 saturated carbocycles. The first-order valence-corrected chi connectivity index (χ1v) is 8.24. The van der Waals surface area contributed by atoms with Crippen molar-refractivity contribution in [1.29, 1.82) is 0 Å². The molecule has 0 amide bonds. The summed E-state index contributed by atoms with van der Waals surface area (Å²) >= 11 is 7.26. The minimum Gasteiger partial charge on any atom is -0.305 e. The summed E-state index contributed by atoms with van der Waals surface area (Å²) in [7, 11) is 0. The molecule has 2 heterocycles. The van der Waals surface area contributed by atoms with Crippen LogP contribution in [0.2, 0.25) is 0 Å². The van der Waals surface area contributed by atoms with Gasteiger partial charge in [-0.15, -0.1) is 22.7 Å². The molecule has 92 valence electrons. The largest absolute Gasteiger partial charge is 0.305 e. The molecule has 2 rings (SSSR count). The first-order chi connectivity index (χ1) is 8.22. The lowest BCUT2D eigenvalue weighted by molar-refractivity contribution is 0.613. The van der Waals surface area contributed by atoms with Crippen molar-refractivity contribution in [3.8, 4) is 0 Å². The summed E-state index contributed by atoms with van der Waals surface area (Å²) in [4.78, 5) is 2.79. The first kappa shape index (κ1) is 13.3. The second-order valence-electron chi connectivity index (χ2n) is 4.01. The molecular formula is C13H16BrNS2. The van der Waals surface area contributed by atoms with Crippen molar-refractivity contribution in [2.45, 2.75) is 26.3 Å². The van der Waals surface area contributed by atoms with Gasteiger partial charge < -0.3 is 5.32 Å². The third kappa shape index (κ3) is 3.19. The normalized spacial score (nSPS) is 12.9. The molecule has 1 atom stereocenters. The molecular weight excluding hydrogens is 314 g/mol. The van der Waals surface area contributed by atoms with Crippen LogP contribution in [0.25, 0.3) is 0 Å². The van der Waals surface area contributed by atoms with Gasteiger partial charge in [-0.2, -0.15) is 0 Å². The average Bonchev–Trinajstić information content (AvgIpc) is 2.92. The fourth-order valence-electron chi connectivity index (χ4n) is 1.71. The molecule has 0 fully saturated rings. The number of aryl methyl sites for hydroxylation is 1. The highest BCUT2D eigenvalue weighted by molar-refractivity contribution is 9.11. The Morgan fingerprint density at radius 3 is 2.76 bits per heavy atom. The Morgan fingerprint density at radius 1 is 1.41 bits per heavy atom. The number of halogens is 1. The van der Waals surface area contributed by atoms with Crippen LogP contribution in [-0.4, -0.2) is 6.54 Å². The van der Waals surface area contributed by atoms with Crippen LogP contribution in [0.5, 0.6) is 0 Å². The number of thiophene rings is 2. The Labute approximate surface area is 119 Å². The Kier molecular flexibility index (Phi) is 4.79. The molecule has 0 spiro atoms. The van der Waals surface area contributed by atoms with Crippen LogP contribution in [0.3, 0.4) is 0 Å². The van der Waals surface area contributed by atoms with Gasteiger partial charge in [0.1, 0.15) is 0 Å². The van der Waals surface area contributed by atoms with Crippen molar-refractivity contribution in [3.05, 3.63) is 42.7 Å². The fraction of sp³-hybridized carbons (Fsp3) is 0.385. The lowest BCUT2D eigenvalue weighted by Crippen LogP contribution is -2.21. The van der Waals surface area contributed by atoms with E-state index < -0.39 is 0 Å². The predicted octanol–water partition coefficient (Wildman–Crippen LogP) is 4.97. The van der Waals surface area contributed by atoms with E-state index in [1.165, 1.54) is 19.1 Å². The van der Waals surface area contributed by atoms with Gasteiger partial charge in [-0.1, -0.05) is 13.0 Å². The Balaban J connectivity index is 2.26. The van der Waals surface area contributed by atoms with E-state index in [4.69, 9.17) is 0 Å². The van der Waals surface area contributed by atoms with Gasteiger partial charge in [0.25, 0.3) is 0 Å². The molecule has 2 aromatic heterocycles. The van der Waals surface area contributed by atoms with Gasteiger partial charge in [0, 0.05) is 9.75 Å². The zero-order chi connectivity index (χ0) is 12.3. The monoisotopic (exact) mass is 329 g/mol. The molecule has 2 aromatic rings. The summed E-state index contributed by atoms with van der Waals surface area (Å²) in [6, 6.07) is 6.96. The topological polar surface area (TPSA) is 12.0 Å².